The lowest BCUT2D eigenvalue weighted by Crippen LogP contribution is -2.70. The predicted molar refractivity (Wildman–Crippen MR) is 212 cm³/mol. The van der Waals surface area contributed by atoms with Crippen molar-refractivity contribution in [2.24, 2.45) is 28.8 Å². The Morgan fingerprint density at radius 3 is 2.59 bits per heavy atom. The van der Waals surface area contributed by atoms with Crippen LogP contribution in [0.5, 0.6) is 11.5 Å². The summed E-state index contributed by atoms with van der Waals surface area (Å²) in [5.41, 5.74) is 4.51. The molecule has 0 unspecified atom stereocenters. The van der Waals surface area contributed by atoms with E-state index in [0.29, 0.717) is 44.0 Å². The maximum atomic E-state index is 14.4. The molecule has 0 spiro atoms. The SMILES string of the molecule is C=CCO[C@@]12Oc3ccc(OCc4cccc(C)n4)cc3[C@H]3[C@H](CCCCO)[C@@H](CCCCO)C=C(C(=NOCC)C[C@@H]1N(CCOCCO)C(=O)C1CC1)[C@H]32. The summed E-state index contributed by atoms with van der Waals surface area (Å²) in [5, 5.41) is 34.0. The first-order chi connectivity index (χ1) is 27.4. The molecule has 4 aliphatic rings. The highest BCUT2D eigenvalue weighted by Crippen LogP contribution is 2.62. The smallest absolute Gasteiger partial charge is 0.239 e. The third-order valence-electron chi connectivity index (χ3n) is 11.6. The normalized spacial score (nSPS) is 25.8. The number of fused-ring (bicyclic) bond motifs is 2. The predicted octanol–water partition coefficient (Wildman–Crippen LogP) is 5.87. The summed E-state index contributed by atoms with van der Waals surface area (Å²) in [5.74, 6) is -0.347. The van der Waals surface area contributed by atoms with Gasteiger partial charge in [-0.05, 0) is 100 Å². The highest BCUT2D eigenvalue weighted by atomic mass is 16.7. The summed E-state index contributed by atoms with van der Waals surface area (Å²) < 4.78 is 26.5. The van der Waals surface area contributed by atoms with Crippen LogP contribution in [0.15, 0.2) is 65.9 Å². The van der Waals surface area contributed by atoms with E-state index in [4.69, 9.17) is 28.9 Å². The number of aromatic nitrogens is 1. The van der Waals surface area contributed by atoms with Gasteiger partial charge in [0.15, 0.2) is 0 Å². The Balaban J connectivity index is 1.53. The lowest BCUT2D eigenvalue weighted by molar-refractivity contribution is -0.258. The Bertz CT molecular complexity index is 1680. The molecule has 6 rings (SSSR count). The van der Waals surface area contributed by atoms with E-state index in [1.807, 2.05) is 49.1 Å². The molecule has 1 aromatic carbocycles. The van der Waals surface area contributed by atoms with Gasteiger partial charge in [0.25, 0.3) is 0 Å². The number of unbranched alkanes of at least 4 members (excludes halogenated alkanes) is 2. The lowest BCUT2D eigenvalue weighted by Gasteiger charge is -2.60. The fourth-order valence-electron chi connectivity index (χ4n) is 9.03. The van der Waals surface area contributed by atoms with Crippen LogP contribution in [-0.4, -0.2) is 101 Å². The van der Waals surface area contributed by atoms with E-state index in [9.17, 15) is 20.1 Å². The molecule has 0 bridgehead atoms. The van der Waals surface area contributed by atoms with Crippen molar-refractivity contribution in [1.29, 1.82) is 0 Å². The van der Waals surface area contributed by atoms with Gasteiger partial charge in [0, 0.05) is 49.3 Å². The first-order valence-corrected chi connectivity index (χ1v) is 20.6. The number of aliphatic hydroxyl groups excluding tert-OH is 3. The van der Waals surface area contributed by atoms with Gasteiger partial charge < -0.3 is 44.0 Å². The van der Waals surface area contributed by atoms with Crippen LogP contribution in [0.2, 0.25) is 0 Å². The Kier molecular flexibility index (Phi) is 15.0. The molecule has 0 saturated heterocycles. The van der Waals surface area contributed by atoms with Crippen LogP contribution in [0.4, 0.5) is 0 Å². The summed E-state index contributed by atoms with van der Waals surface area (Å²) in [6.45, 7) is 9.59. The second-order valence-electron chi connectivity index (χ2n) is 15.4. The third-order valence-corrected chi connectivity index (χ3v) is 11.6. The molecule has 12 nitrogen and oxygen atoms in total. The number of carbonyl (C=O) groups is 1. The summed E-state index contributed by atoms with van der Waals surface area (Å²) in [6.07, 6.45) is 10.8. The minimum absolute atomic E-state index is 0.0315. The minimum Gasteiger partial charge on any atom is -0.487 e. The summed E-state index contributed by atoms with van der Waals surface area (Å²) in [6, 6.07) is 11.3. The zero-order valence-corrected chi connectivity index (χ0v) is 33.2. The molecule has 3 aliphatic carbocycles. The molecule has 2 heterocycles. The maximum Gasteiger partial charge on any atom is 0.239 e. The van der Waals surface area contributed by atoms with Crippen LogP contribution in [0.1, 0.15) is 87.6 Å². The number of aliphatic hydroxyl groups is 3. The van der Waals surface area contributed by atoms with Gasteiger partial charge in [-0.2, -0.15) is 0 Å². The van der Waals surface area contributed by atoms with Crippen LogP contribution in [0.25, 0.3) is 0 Å². The van der Waals surface area contributed by atoms with E-state index in [2.05, 4.69) is 23.7 Å². The number of aryl methyl sites for hydroxylation is 1. The van der Waals surface area contributed by atoms with E-state index in [1.54, 1.807) is 6.08 Å². The molecule has 1 amide bonds. The zero-order valence-electron chi connectivity index (χ0n) is 33.2. The molecular weight excluding hydrogens is 714 g/mol. The number of amides is 1. The first kappa shape index (κ1) is 41.8. The highest BCUT2D eigenvalue weighted by Gasteiger charge is 2.65. The Morgan fingerprint density at radius 2 is 1.88 bits per heavy atom. The van der Waals surface area contributed by atoms with Gasteiger partial charge in [0.2, 0.25) is 11.7 Å². The second-order valence-corrected chi connectivity index (χ2v) is 15.4. The van der Waals surface area contributed by atoms with Crippen LogP contribution in [0, 0.1) is 30.6 Å². The van der Waals surface area contributed by atoms with E-state index < -0.39 is 17.7 Å². The monoisotopic (exact) mass is 775 g/mol. The molecule has 2 fully saturated rings. The number of oxime groups is 1. The van der Waals surface area contributed by atoms with Crippen molar-refractivity contribution in [3.63, 3.8) is 0 Å². The molecule has 306 valence electrons. The minimum atomic E-state index is -1.33. The highest BCUT2D eigenvalue weighted by molar-refractivity contribution is 6.03. The largest absolute Gasteiger partial charge is 0.487 e. The van der Waals surface area contributed by atoms with Crippen LogP contribution in [-0.2, 0) is 25.7 Å². The molecule has 56 heavy (non-hydrogen) atoms. The lowest BCUT2D eigenvalue weighted by atomic mass is 9.55. The number of pyridine rings is 1. The number of hydrogen-bond donors (Lipinski definition) is 3. The van der Waals surface area contributed by atoms with E-state index in [-0.39, 0.29) is 75.8 Å². The fraction of sp³-hybridized carbons (Fsp3) is 0.614. The summed E-state index contributed by atoms with van der Waals surface area (Å²) in [7, 11) is 0. The average molecular weight is 776 g/mol. The maximum absolute atomic E-state index is 14.4. The molecule has 3 N–H and O–H groups in total. The third kappa shape index (κ3) is 9.48. The number of hydrogen-bond acceptors (Lipinski definition) is 11. The quantitative estimate of drug-likeness (QED) is 0.0710. The van der Waals surface area contributed by atoms with Gasteiger partial charge in [0.1, 0.15) is 30.8 Å². The zero-order chi connectivity index (χ0) is 39.5. The molecule has 2 aromatic rings. The van der Waals surface area contributed by atoms with E-state index >= 15 is 0 Å². The van der Waals surface area contributed by atoms with Crippen molar-refractivity contribution < 1.29 is 43.9 Å². The number of rotatable bonds is 23. The molecule has 6 atom stereocenters. The number of ether oxygens (including phenoxy) is 4. The van der Waals surface area contributed by atoms with Gasteiger partial charge in [-0.1, -0.05) is 36.2 Å². The topological polar surface area (TPSA) is 152 Å². The van der Waals surface area contributed by atoms with Gasteiger partial charge >= 0.3 is 0 Å². The molecule has 12 heteroatoms. The van der Waals surface area contributed by atoms with E-state index in [0.717, 1.165) is 66.8 Å². The van der Waals surface area contributed by atoms with E-state index in [1.165, 1.54) is 0 Å². The van der Waals surface area contributed by atoms with Gasteiger partial charge in [0.05, 0.1) is 43.8 Å². The van der Waals surface area contributed by atoms with Crippen molar-refractivity contribution in [1.82, 2.24) is 9.88 Å². The van der Waals surface area contributed by atoms with Crippen LogP contribution < -0.4 is 9.47 Å². The number of carbonyl (C=O) groups excluding carboxylic acids is 1. The summed E-state index contributed by atoms with van der Waals surface area (Å²) in [4.78, 5) is 26.8. The molecule has 0 radical (unpaired) electrons. The summed E-state index contributed by atoms with van der Waals surface area (Å²) >= 11 is 0. The number of benzene rings is 1. The van der Waals surface area contributed by atoms with Crippen LogP contribution in [0.3, 0.4) is 0 Å². The Labute approximate surface area is 331 Å². The van der Waals surface area contributed by atoms with Crippen molar-refractivity contribution in [2.75, 3.05) is 52.8 Å². The second kappa shape index (κ2) is 20.1. The standard InChI is InChI=1S/C44H61N3O9/c1-4-23-54-44-40(47(19-24-52-25-22-50)43(51)31-15-16-31)28-38(46-55-5-2)36-26-32(12-6-8-20-48)35(14-7-9-21-49)41(42(36)44)37-27-34(17-18-39(37)56-44)53-29-33-13-10-11-30(3)45-33/h4,10-11,13,17-18,26-27,31-32,35,40-42,48-50H,1,5-9,12,14-16,19-25,28-29H2,2-3H3/t32-,35+,40-,41+,42+,44+/m0/s1. The van der Waals surface area contributed by atoms with Gasteiger partial charge in [-0.15, -0.1) is 6.58 Å². The molecule has 1 aromatic heterocycles. The van der Waals surface area contributed by atoms with Crippen molar-refractivity contribution in [3.8, 4) is 11.5 Å². The molecule has 2 saturated carbocycles. The molecular formula is C44H61N3O9. The van der Waals surface area contributed by atoms with Crippen molar-refractivity contribution in [3.05, 3.63) is 77.7 Å². The van der Waals surface area contributed by atoms with Crippen molar-refractivity contribution in [2.45, 2.75) is 96.0 Å². The Morgan fingerprint density at radius 1 is 1.07 bits per heavy atom. The van der Waals surface area contributed by atoms with Gasteiger partial charge in [-0.25, -0.2) is 0 Å². The van der Waals surface area contributed by atoms with Gasteiger partial charge in [-0.3, -0.25) is 9.78 Å². The molecule has 1 aliphatic heterocycles. The number of nitrogens with zero attached hydrogens (tertiary/aromatic N) is 3. The fourth-order valence-corrected chi connectivity index (χ4v) is 9.03. The van der Waals surface area contributed by atoms with Crippen molar-refractivity contribution >= 4 is 11.6 Å². The number of allylic oxidation sites excluding steroid dienone is 1. The Hall–Kier alpha value is -3.81. The average Bonchev–Trinajstić information content (AvgIpc) is 4.06. The van der Waals surface area contributed by atoms with Crippen LogP contribution >= 0.6 is 0 Å². The first-order valence-electron chi connectivity index (χ1n) is 20.6.